The molecule has 1 nitrogen and oxygen atoms in total. The van der Waals surface area contributed by atoms with Crippen LogP contribution in [0.25, 0.3) is 0 Å². The third-order valence-electron chi connectivity index (χ3n) is 0. The van der Waals surface area contributed by atoms with Crippen LogP contribution in [-0.2, 0) is 22.0 Å². The Labute approximate surface area is 74.2 Å². The van der Waals surface area contributed by atoms with Gasteiger partial charge in [0.2, 0.25) is 0 Å². The Hall–Kier alpha value is 2.27. The van der Waals surface area contributed by atoms with Gasteiger partial charge in [0.15, 0.2) is 3.92 Å². The zero-order valence-corrected chi connectivity index (χ0v) is 11.0. The van der Waals surface area contributed by atoms with Gasteiger partial charge in [-0.1, -0.05) is 0 Å². The molecule has 0 saturated heterocycles. The summed E-state index contributed by atoms with van der Waals surface area (Å²) in [5, 5.41) is 7.89. The zero-order chi connectivity index (χ0) is 5.58. The molecule has 0 aliphatic heterocycles. The van der Waals surface area contributed by atoms with Crippen LogP contribution in [0, 0.1) is 0 Å². The van der Waals surface area contributed by atoms with Crippen molar-refractivity contribution in [2.75, 3.05) is 0 Å². The Bertz CT molecular complexity index is 15.5. The number of hydrogen-bond donors (Lipinski definition) is 1. The van der Waals surface area contributed by atoms with E-state index in [0.29, 0.717) is 0 Å². The topological polar surface area (TPSA) is 20.2 Å². The van der Waals surface area contributed by atoms with E-state index >= 15 is 0 Å². The van der Waals surface area contributed by atoms with Gasteiger partial charge in [-0.15, -0.1) is 0 Å². The molecular weight excluding hydrogens is 446 g/mol. The summed E-state index contributed by atoms with van der Waals surface area (Å²) in [5.74, 6) is 0. The second-order valence-corrected chi connectivity index (χ2v) is 3.24. The van der Waals surface area contributed by atoms with Crippen LogP contribution >= 0.6 is 44.2 Å². The van der Waals surface area contributed by atoms with Gasteiger partial charge in [-0.25, -0.2) is 0 Å². The first-order chi connectivity index (χ1) is 2.73. The fraction of sp³-hybridized carbons (Fsp3) is 1.00. The van der Waals surface area contributed by atoms with Crippen molar-refractivity contribution in [2.24, 2.45) is 0 Å². The molecule has 0 rings (SSSR count). The molecule has 0 radical (unpaired) electrons. The third kappa shape index (κ3) is 33.8. The molecule has 6 heavy (non-hydrogen) atoms. The molecule has 0 aromatic rings. The van der Waals surface area contributed by atoms with Crippen LogP contribution in [0.3, 0.4) is 0 Å². The summed E-state index contributed by atoms with van der Waals surface area (Å²) in [6, 6.07) is 0. The predicted octanol–water partition coefficient (Wildman–Crippen LogP) is 1.90. The van der Waals surface area contributed by atoms with Gasteiger partial charge >= 0.3 is 34.3 Å². The van der Waals surface area contributed by atoms with Crippen molar-refractivity contribution in [2.45, 2.75) is 3.92 Å². The Morgan fingerprint density at radius 1 is 1.33 bits per heavy atom. The molecule has 0 aliphatic carbocycles. The van der Waals surface area contributed by atoms with E-state index in [1.54, 1.807) is 0 Å². The van der Waals surface area contributed by atoms with E-state index in [2.05, 4.69) is 44.2 Å². The first-order valence-electron chi connectivity index (χ1n) is 0.884. The van der Waals surface area contributed by atoms with E-state index in [1.807, 2.05) is 0 Å². The van der Waals surface area contributed by atoms with E-state index in [-0.39, 0.29) is 0 Å². The molecule has 37 valence electrons. The van der Waals surface area contributed by atoms with Gasteiger partial charge in [-0.05, 0) is 31.9 Å². The minimum absolute atomic E-state index is 0.542. The van der Waals surface area contributed by atoms with E-state index in [0.717, 1.165) is 22.0 Å². The summed E-state index contributed by atoms with van der Waals surface area (Å²) in [4.78, 5) is 0. The van der Waals surface area contributed by atoms with Crippen molar-refractivity contribution in [3.8, 4) is 0 Å². The van der Waals surface area contributed by atoms with Crippen LogP contribution in [-0.4, -0.2) is 9.03 Å². The van der Waals surface area contributed by atoms with Crippen molar-refractivity contribution in [1.29, 1.82) is 0 Å². The van der Waals surface area contributed by atoms with Gasteiger partial charge in [-0.3, -0.25) is 0 Å². The SMILES string of the molecule is OC(Br)Br.[Br][Hf]. The molecule has 0 aromatic carbocycles. The molecular formula is CH2Br3HfO. The summed E-state index contributed by atoms with van der Waals surface area (Å²) in [6.07, 6.45) is 0. The molecule has 0 bridgehead atoms. The second-order valence-electron chi connectivity index (χ2n) is 0.278. The Balaban J connectivity index is 0. The zero-order valence-electron chi connectivity index (χ0n) is 2.66. The Kier molecular flexibility index (Phi) is 19.1. The molecule has 0 aromatic heterocycles. The van der Waals surface area contributed by atoms with Crippen molar-refractivity contribution in [3.05, 3.63) is 0 Å². The van der Waals surface area contributed by atoms with Gasteiger partial charge in [0, 0.05) is 0 Å². The van der Waals surface area contributed by atoms with Crippen molar-refractivity contribution in [1.82, 2.24) is 0 Å². The maximum absolute atomic E-state index is 7.89. The van der Waals surface area contributed by atoms with E-state index in [9.17, 15) is 0 Å². The molecule has 0 aliphatic rings. The van der Waals surface area contributed by atoms with Gasteiger partial charge in [-0.2, -0.15) is 0 Å². The first-order valence-corrected chi connectivity index (χ1v) is 10.6. The van der Waals surface area contributed by atoms with E-state index in [1.165, 1.54) is 0 Å². The van der Waals surface area contributed by atoms with Crippen LogP contribution in [0.1, 0.15) is 0 Å². The van der Waals surface area contributed by atoms with Gasteiger partial charge in [0.05, 0.1) is 0 Å². The second kappa shape index (κ2) is 10.3. The standard InChI is InChI=1S/CH2Br2O.BrH.Hf/c2-1(3)4;;/h1,4H;1H;/q;;+1/p-1. The van der Waals surface area contributed by atoms with Gasteiger partial charge in [0.25, 0.3) is 0 Å². The monoisotopic (exact) mass is 447 g/mol. The van der Waals surface area contributed by atoms with Crippen LogP contribution in [0.15, 0.2) is 0 Å². The van der Waals surface area contributed by atoms with Crippen LogP contribution in [0.4, 0.5) is 0 Å². The Morgan fingerprint density at radius 3 is 1.33 bits per heavy atom. The van der Waals surface area contributed by atoms with Crippen LogP contribution in [0.2, 0.25) is 0 Å². The molecule has 0 fully saturated rings. The molecule has 0 spiro atoms. The van der Waals surface area contributed by atoms with Crippen molar-refractivity contribution in [3.63, 3.8) is 0 Å². The number of rotatable bonds is 0. The van der Waals surface area contributed by atoms with Gasteiger partial charge < -0.3 is 5.11 Å². The van der Waals surface area contributed by atoms with Crippen molar-refractivity contribution >= 4 is 44.2 Å². The molecule has 0 unspecified atom stereocenters. The van der Waals surface area contributed by atoms with Crippen LogP contribution < -0.4 is 0 Å². The third-order valence-corrected chi connectivity index (χ3v) is 0. The molecule has 0 amide bonds. The van der Waals surface area contributed by atoms with Crippen LogP contribution in [0.5, 0.6) is 0 Å². The van der Waals surface area contributed by atoms with Crippen molar-refractivity contribution < 1.29 is 27.2 Å². The molecule has 0 atom stereocenters. The van der Waals surface area contributed by atoms with E-state index in [4.69, 9.17) is 5.11 Å². The predicted molar refractivity (Wildman–Crippen MR) is 32.8 cm³/mol. The first kappa shape index (κ1) is 11.1. The molecule has 0 heterocycles. The Morgan fingerprint density at radius 2 is 1.33 bits per heavy atom. The molecule has 5 heteroatoms. The van der Waals surface area contributed by atoms with E-state index < -0.39 is 3.92 Å². The maximum atomic E-state index is 7.89. The number of aliphatic hydroxyl groups is 1. The number of alkyl halides is 2. The fourth-order valence-corrected chi connectivity index (χ4v) is 0. The molecule has 1 N–H and O–H groups in total. The fourth-order valence-electron chi connectivity index (χ4n) is 0. The summed E-state index contributed by atoms with van der Waals surface area (Å²) in [6.45, 7) is 0. The summed E-state index contributed by atoms with van der Waals surface area (Å²) >= 11 is 9.68. The quantitative estimate of drug-likeness (QED) is 0.444. The number of aliphatic hydroxyl groups excluding tert-OH is 1. The van der Waals surface area contributed by atoms with Gasteiger partial charge in [0.1, 0.15) is 0 Å². The minimum atomic E-state index is -0.542. The average Bonchev–Trinajstić information content (AvgIpc) is 1.41. The summed E-state index contributed by atoms with van der Waals surface area (Å²) < 4.78 is -0.542. The normalized spacial score (nSPS) is 6.67. The number of hydrogen-bond acceptors (Lipinski definition) is 1. The molecule has 0 saturated carbocycles. The summed E-state index contributed by atoms with van der Waals surface area (Å²) in [7, 11) is 0. The number of halogens is 3. The summed E-state index contributed by atoms with van der Waals surface area (Å²) in [5.41, 5.74) is 0. The average molecular weight is 448 g/mol.